The second kappa shape index (κ2) is 7.12. The van der Waals surface area contributed by atoms with Crippen LogP contribution in [0.25, 0.3) is 0 Å². The number of aliphatic carboxylic acids is 1. The molecule has 3 rings (SSSR count). The van der Waals surface area contributed by atoms with Gasteiger partial charge in [0.2, 0.25) is 10.0 Å². The van der Waals surface area contributed by atoms with Gasteiger partial charge in [-0.2, -0.15) is 0 Å². The molecule has 1 aliphatic carbocycles. The SMILES string of the molecule is CN(C)S(=O)(=O)c1cccc(CNC(=O)N2C[C@@H]3CCC[C@@]3(C(=O)O)C2)c1. The van der Waals surface area contributed by atoms with E-state index < -0.39 is 21.4 Å². The summed E-state index contributed by atoms with van der Waals surface area (Å²) in [5.41, 5.74) is -0.143. The number of sulfonamides is 1. The van der Waals surface area contributed by atoms with Crippen molar-refractivity contribution in [3.63, 3.8) is 0 Å². The largest absolute Gasteiger partial charge is 0.481 e. The Hall–Kier alpha value is -2.13. The Morgan fingerprint density at radius 3 is 2.74 bits per heavy atom. The molecule has 2 atom stereocenters. The van der Waals surface area contributed by atoms with E-state index >= 15 is 0 Å². The Balaban J connectivity index is 1.65. The summed E-state index contributed by atoms with van der Waals surface area (Å²) in [4.78, 5) is 26.0. The van der Waals surface area contributed by atoms with Crippen LogP contribution in [0.1, 0.15) is 24.8 Å². The molecule has 2 N–H and O–H groups in total. The topological polar surface area (TPSA) is 107 Å². The minimum Gasteiger partial charge on any atom is -0.481 e. The highest BCUT2D eigenvalue weighted by molar-refractivity contribution is 7.89. The predicted molar refractivity (Wildman–Crippen MR) is 98.5 cm³/mol. The third kappa shape index (κ3) is 3.53. The second-order valence-corrected chi connectivity index (χ2v) is 9.68. The Labute approximate surface area is 159 Å². The van der Waals surface area contributed by atoms with Gasteiger partial charge in [-0.1, -0.05) is 18.6 Å². The Morgan fingerprint density at radius 2 is 2.11 bits per heavy atom. The maximum atomic E-state index is 12.5. The fourth-order valence-corrected chi connectivity index (χ4v) is 5.08. The van der Waals surface area contributed by atoms with Crippen molar-refractivity contribution in [1.82, 2.24) is 14.5 Å². The predicted octanol–water partition coefficient (Wildman–Crippen LogP) is 1.33. The van der Waals surface area contributed by atoms with Crippen LogP contribution >= 0.6 is 0 Å². The highest BCUT2D eigenvalue weighted by Gasteiger charge is 2.55. The van der Waals surface area contributed by atoms with Gasteiger partial charge in [-0.3, -0.25) is 4.79 Å². The molecule has 0 spiro atoms. The van der Waals surface area contributed by atoms with E-state index in [1.54, 1.807) is 17.0 Å². The van der Waals surface area contributed by atoms with Gasteiger partial charge in [-0.15, -0.1) is 0 Å². The van der Waals surface area contributed by atoms with Gasteiger partial charge in [0.05, 0.1) is 10.3 Å². The number of carboxylic acid groups (broad SMARTS) is 1. The minimum absolute atomic E-state index is 0.00862. The molecule has 27 heavy (non-hydrogen) atoms. The second-order valence-electron chi connectivity index (χ2n) is 7.52. The number of hydrogen-bond donors (Lipinski definition) is 2. The van der Waals surface area contributed by atoms with Gasteiger partial charge >= 0.3 is 12.0 Å². The van der Waals surface area contributed by atoms with Gasteiger partial charge in [0, 0.05) is 33.7 Å². The van der Waals surface area contributed by atoms with Crippen LogP contribution < -0.4 is 5.32 Å². The number of benzene rings is 1. The lowest BCUT2D eigenvalue weighted by atomic mass is 9.81. The van der Waals surface area contributed by atoms with Crippen molar-refractivity contribution in [2.24, 2.45) is 11.3 Å². The first-order valence-electron chi connectivity index (χ1n) is 8.94. The number of hydrogen-bond acceptors (Lipinski definition) is 4. The van der Waals surface area contributed by atoms with Crippen LogP contribution in [-0.2, 0) is 21.4 Å². The fraction of sp³-hybridized carbons (Fsp3) is 0.556. The van der Waals surface area contributed by atoms with Crippen molar-refractivity contribution < 1.29 is 23.1 Å². The molecule has 2 aliphatic rings. The highest BCUT2D eigenvalue weighted by atomic mass is 32.2. The first-order chi connectivity index (χ1) is 12.7. The van der Waals surface area contributed by atoms with Crippen molar-refractivity contribution in [2.45, 2.75) is 30.7 Å². The van der Waals surface area contributed by atoms with Gasteiger partial charge in [0.1, 0.15) is 0 Å². The third-order valence-electron chi connectivity index (χ3n) is 5.70. The lowest BCUT2D eigenvalue weighted by Crippen LogP contribution is -2.41. The summed E-state index contributed by atoms with van der Waals surface area (Å²) in [5, 5.41) is 12.4. The molecule has 1 heterocycles. The Kier molecular flexibility index (Phi) is 5.18. The summed E-state index contributed by atoms with van der Waals surface area (Å²) in [7, 11) is -0.607. The van der Waals surface area contributed by atoms with Crippen molar-refractivity contribution in [3.05, 3.63) is 29.8 Å². The van der Waals surface area contributed by atoms with E-state index in [9.17, 15) is 23.1 Å². The number of rotatable bonds is 5. The monoisotopic (exact) mass is 395 g/mol. The van der Waals surface area contributed by atoms with E-state index in [-0.39, 0.29) is 29.9 Å². The van der Waals surface area contributed by atoms with Crippen molar-refractivity contribution in [2.75, 3.05) is 27.2 Å². The molecule has 9 heteroatoms. The molecule has 0 bridgehead atoms. The van der Waals surface area contributed by atoms with Gasteiger partial charge in [-0.25, -0.2) is 17.5 Å². The van der Waals surface area contributed by atoms with Crippen molar-refractivity contribution in [1.29, 1.82) is 0 Å². The zero-order valence-corrected chi connectivity index (χ0v) is 16.3. The molecule has 0 unspecified atom stereocenters. The number of carbonyl (C=O) groups excluding carboxylic acids is 1. The quantitative estimate of drug-likeness (QED) is 0.782. The van der Waals surface area contributed by atoms with E-state index in [0.717, 1.165) is 17.1 Å². The molecule has 8 nitrogen and oxygen atoms in total. The molecular weight excluding hydrogens is 370 g/mol. The maximum Gasteiger partial charge on any atom is 0.317 e. The van der Waals surface area contributed by atoms with Gasteiger partial charge in [-0.05, 0) is 36.5 Å². The smallest absolute Gasteiger partial charge is 0.317 e. The summed E-state index contributed by atoms with van der Waals surface area (Å²) in [6.07, 6.45) is 2.33. The van der Waals surface area contributed by atoms with Gasteiger partial charge in [0.15, 0.2) is 0 Å². The number of carboxylic acids is 1. The van der Waals surface area contributed by atoms with E-state index in [1.165, 1.54) is 26.2 Å². The first-order valence-corrected chi connectivity index (χ1v) is 10.4. The molecule has 0 radical (unpaired) electrons. The fourth-order valence-electron chi connectivity index (χ4n) is 4.11. The highest BCUT2D eigenvalue weighted by Crippen LogP contribution is 2.48. The Bertz CT molecular complexity index is 854. The zero-order valence-electron chi connectivity index (χ0n) is 15.5. The summed E-state index contributed by atoms with van der Waals surface area (Å²) >= 11 is 0. The van der Waals surface area contributed by atoms with Crippen molar-refractivity contribution in [3.8, 4) is 0 Å². The molecular formula is C18H25N3O5S. The van der Waals surface area contributed by atoms with Crippen LogP contribution in [-0.4, -0.2) is 61.9 Å². The van der Waals surface area contributed by atoms with E-state index in [4.69, 9.17) is 0 Å². The summed E-state index contributed by atoms with van der Waals surface area (Å²) in [5.74, 6) is -0.809. The molecule has 1 aromatic carbocycles. The van der Waals surface area contributed by atoms with Crippen LogP contribution in [0.2, 0.25) is 0 Å². The molecule has 0 aromatic heterocycles. The maximum absolute atomic E-state index is 12.5. The molecule has 1 aromatic rings. The Morgan fingerprint density at radius 1 is 1.37 bits per heavy atom. The van der Waals surface area contributed by atoms with Crippen LogP contribution in [0.4, 0.5) is 4.79 Å². The number of likely N-dealkylation sites (tertiary alicyclic amines) is 1. The number of amides is 2. The van der Waals surface area contributed by atoms with Crippen LogP contribution in [0, 0.1) is 11.3 Å². The minimum atomic E-state index is -3.54. The molecule has 1 aliphatic heterocycles. The lowest BCUT2D eigenvalue weighted by molar-refractivity contribution is -0.149. The molecule has 1 saturated heterocycles. The van der Waals surface area contributed by atoms with E-state index in [1.807, 2.05) is 0 Å². The number of carbonyl (C=O) groups is 2. The molecule has 148 valence electrons. The van der Waals surface area contributed by atoms with Crippen LogP contribution in [0.5, 0.6) is 0 Å². The normalized spacial score (nSPS) is 24.9. The average molecular weight is 395 g/mol. The van der Waals surface area contributed by atoms with Crippen LogP contribution in [0.15, 0.2) is 29.2 Å². The number of nitrogens with zero attached hydrogens (tertiary/aromatic N) is 2. The van der Waals surface area contributed by atoms with Crippen molar-refractivity contribution >= 4 is 22.0 Å². The van der Waals surface area contributed by atoms with Crippen LogP contribution in [0.3, 0.4) is 0 Å². The summed E-state index contributed by atoms with van der Waals surface area (Å²) in [6, 6.07) is 6.11. The van der Waals surface area contributed by atoms with Gasteiger partial charge < -0.3 is 15.3 Å². The molecule has 2 fully saturated rings. The van der Waals surface area contributed by atoms with Gasteiger partial charge in [0.25, 0.3) is 0 Å². The molecule has 1 saturated carbocycles. The van der Waals surface area contributed by atoms with E-state index in [2.05, 4.69) is 5.32 Å². The number of urea groups is 1. The summed E-state index contributed by atoms with van der Waals surface area (Å²) < 4.78 is 25.6. The van der Waals surface area contributed by atoms with E-state index in [0.29, 0.717) is 18.5 Å². The average Bonchev–Trinajstić information content (AvgIpc) is 3.18. The standard InChI is InChI=1S/C18H25N3O5S/c1-20(2)27(25,26)15-7-3-5-13(9-15)10-19-17(24)21-11-14-6-4-8-18(14,12-21)16(22)23/h3,5,7,9,14H,4,6,8,10-12H2,1-2H3,(H,19,24)(H,22,23)/t14-,18+/m0/s1. The number of nitrogens with one attached hydrogen (secondary N) is 1. The number of fused-ring (bicyclic) bond motifs is 1. The summed E-state index contributed by atoms with van der Waals surface area (Å²) in [6.45, 7) is 0.859. The molecule has 2 amide bonds. The lowest BCUT2D eigenvalue weighted by Gasteiger charge is -2.23. The third-order valence-corrected chi connectivity index (χ3v) is 7.52. The first kappa shape index (κ1) is 19.6. The zero-order chi connectivity index (χ0) is 19.8.